The van der Waals surface area contributed by atoms with Crippen LogP contribution in [-0.4, -0.2) is 13.1 Å². The quantitative estimate of drug-likeness (QED) is 0.855. The summed E-state index contributed by atoms with van der Waals surface area (Å²) in [6.07, 6.45) is 0. The number of methoxy groups -OCH3 is 1. The van der Waals surface area contributed by atoms with Gasteiger partial charge in [0.1, 0.15) is 11.5 Å². The normalized spacial score (nSPS) is 12.2. The number of carbonyl (C=O) groups is 1. The predicted molar refractivity (Wildman–Crippen MR) is 81.2 cm³/mol. The molecule has 0 aliphatic heterocycles. The highest BCUT2D eigenvalue weighted by molar-refractivity contribution is 5.89. The summed E-state index contributed by atoms with van der Waals surface area (Å²) in [5, 5.41) is 3.46. The third-order valence-corrected chi connectivity index (χ3v) is 3.53. The van der Waals surface area contributed by atoms with E-state index in [-0.39, 0.29) is 12.0 Å². The second-order valence-electron chi connectivity index (χ2n) is 5.16. The van der Waals surface area contributed by atoms with Crippen LogP contribution < -0.4 is 5.32 Å². The highest BCUT2D eigenvalue weighted by Crippen LogP contribution is 2.21. The van der Waals surface area contributed by atoms with Gasteiger partial charge in [0.2, 0.25) is 0 Å². The zero-order valence-corrected chi connectivity index (χ0v) is 12.9. The molecule has 1 heterocycles. The average molecular weight is 287 g/mol. The molecule has 4 nitrogen and oxygen atoms in total. The van der Waals surface area contributed by atoms with E-state index in [4.69, 9.17) is 4.42 Å². The number of nitrogens with one attached hydrogen (secondary N) is 1. The summed E-state index contributed by atoms with van der Waals surface area (Å²) in [5.41, 5.74) is 2.86. The lowest BCUT2D eigenvalue weighted by molar-refractivity contribution is 0.0600. The maximum atomic E-state index is 11.4. The molecule has 1 aromatic carbocycles. The van der Waals surface area contributed by atoms with Gasteiger partial charge in [-0.3, -0.25) is 0 Å². The van der Waals surface area contributed by atoms with Crippen LogP contribution in [0.15, 0.2) is 34.7 Å². The Morgan fingerprint density at radius 2 is 1.95 bits per heavy atom. The van der Waals surface area contributed by atoms with Crippen molar-refractivity contribution in [1.82, 2.24) is 5.32 Å². The minimum atomic E-state index is -0.313. The lowest BCUT2D eigenvalue weighted by atomic mass is 10.1. The number of rotatable bonds is 5. The molecule has 21 heavy (non-hydrogen) atoms. The van der Waals surface area contributed by atoms with Crippen molar-refractivity contribution in [3.05, 3.63) is 58.5 Å². The Morgan fingerprint density at radius 3 is 2.48 bits per heavy atom. The molecular weight excluding hydrogens is 266 g/mol. The summed E-state index contributed by atoms with van der Waals surface area (Å²) < 4.78 is 10.2. The molecule has 1 unspecified atom stereocenters. The number of hydrogen-bond acceptors (Lipinski definition) is 4. The second kappa shape index (κ2) is 6.59. The van der Waals surface area contributed by atoms with E-state index in [9.17, 15) is 4.79 Å². The third kappa shape index (κ3) is 3.73. The minimum Gasteiger partial charge on any atom is -0.466 e. The number of hydrogen-bond donors (Lipinski definition) is 1. The summed E-state index contributed by atoms with van der Waals surface area (Å²) in [7, 11) is 1.38. The fourth-order valence-electron chi connectivity index (χ4n) is 2.34. The smallest absolute Gasteiger partial charge is 0.337 e. The number of furan rings is 1. The van der Waals surface area contributed by atoms with Crippen LogP contribution >= 0.6 is 0 Å². The summed E-state index contributed by atoms with van der Waals surface area (Å²) in [5.74, 6) is 1.57. The van der Waals surface area contributed by atoms with Gasteiger partial charge in [0.25, 0.3) is 0 Å². The maximum absolute atomic E-state index is 11.4. The van der Waals surface area contributed by atoms with Crippen LogP contribution in [0, 0.1) is 13.8 Å². The Kier molecular flexibility index (Phi) is 4.81. The van der Waals surface area contributed by atoms with E-state index >= 15 is 0 Å². The molecule has 1 N–H and O–H groups in total. The van der Waals surface area contributed by atoms with E-state index < -0.39 is 0 Å². The van der Waals surface area contributed by atoms with Crippen LogP contribution in [0.5, 0.6) is 0 Å². The Labute approximate surface area is 125 Å². The monoisotopic (exact) mass is 287 g/mol. The Hall–Kier alpha value is -2.07. The van der Waals surface area contributed by atoms with Crippen molar-refractivity contribution in [2.75, 3.05) is 7.11 Å². The van der Waals surface area contributed by atoms with E-state index in [1.54, 1.807) is 12.1 Å². The number of carbonyl (C=O) groups excluding carboxylic acids is 1. The van der Waals surface area contributed by atoms with Crippen LogP contribution in [0.2, 0.25) is 0 Å². The van der Waals surface area contributed by atoms with Crippen molar-refractivity contribution in [2.45, 2.75) is 33.4 Å². The second-order valence-corrected chi connectivity index (χ2v) is 5.16. The third-order valence-electron chi connectivity index (χ3n) is 3.53. The molecule has 0 amide bonds. The molecule has 2 aromatic rings. The first-order chi connectivity index (χ1) is 10.0. The van der Waals surface area contributed by atoms with E-state index in [1.165, 1.54) is 12.7 Å². The summed E-state index contributed by atoms with van der Waals surface area (Å²) in [4.78, 5) is 11.4. The molecule has 0 aliphatic rings. The fourth-order valence-corrected chi connectivity index (χ4v) is 2.34. The van der Waals surface area contributed by atoms with Crippen molar-refractivity contribution in [3.8, 4) is 0 Å². The molecule has 1 aromatic heterocycles. The van der Waals surface area contributed by atoms with Gasteiger partial charge in [-0.05, 0) is 44.5 Å². The molecule has 0 spiro atoms. The van der Waals surface area contributed by atoms with Crippen molar-refractivity contribution in [1.29, 1.82) is 0 Å². The number of aryl methyl sites for hydroxylation is 2. The predicted octanol–water partition coefficient (Wildman–Crippen LogP) is 3.53. The standard InChI is InChI=1S/C17H21NO3/c1-11-9-16(13(3)21-11)12(2)18-10-14-5-7-15(8-6-14)17(19)20-4/h5-9,12,18H,10H2,1-4H3. The highest BCUT2D eigenvalue weighted by atomic mass is 16.5. The van der Waals surface area contributed by atoms with E-state index in [0.717, 1.165) is 23.6 Å². The number of esters is 1. The minimum absolute atomic E-state index is 0.211. The van der Waals surface area contributed by atoms with E-state index in [0.29, 0.717) is 5.56 Å². The first-order valence-corrected chi connectivity index (χ1v) is 6.99. The van der Waals surface area contributed by atoms with Crippen LogP contribution in [0.25, 0.3) is 0 Å². The Bertz CT molecular complexity index is 613. The van der Waals surface area contributed by atoms with Gasteiger partial charge in [-0.25, -0.2) is 4.79 Å². The van der Waals surface area contributed by atoms with Crippen molar-refractivity contribution in [3.63, 3.8) is 0 Å². The molecule has 0 aliphatic carbocycles. The Balaban J connectivity index is 1.96. The molecule has 0 radical (unpaired) electrons. The molecule has 1 atom stereocenters. The summed E-state index contributed by atoms with van der Waals surface area (Å²) >= 11 is 0. The molecule has 0 bridgehead atoms. The molecule has 0 saturated heterocycles. The van der Waals surface area contributed by atoms with E-state index in [1.807, 2.05) is 26.0 Å². The molecule has 112 valence electrons. The van der Waals surface area contributed by atoms with Crippen molar-refractivity contribution >= 4 is 5.97 Å². The zero-order chi connectivity index (χ0) is 15.4. The fraction of sp³-hybridized carbons (Fsp3) is 0.353. The van der Waals surface area contributed by atoms with Crippen molar-refractivity contribution < 1.29 is 13.9 Å². The highest BCUT2D eigenvalue weighted by Gasteiger charge is 2.12. The molecule has 2 rings (SSSR count). The number of benzene rings is 1. The summed E-state index contributed by atoms with van der Waals surface area (Å²) in [6.45, 7) is 6.77. The Morgan fingerprint density at radius 1 is 1.29 bits per heavy atom. The van der Waals surface area contributed by atoms with Gasteiger partial charge in [0.15, 0.2) is 0 Å². The lowest BCUT2D eigenvalue weighted by Gasteiger charge is -2.13. The molecular formula is C17H21NO3. The van der Waals surface area contributed by atoms with Gasteiger partial charge in [-0.15, -0.1) is 0 Å². The van der Waals surface area contributed by atoms with Crippen LogP contribution in [0.3, 0.4) is 0 Å². The van der Waals surface area contributed by atoms with E-state index in [2.05, 4.69) is 23.0 Å². The van der Waals surface area contributed by atoms with Crippen molar-refractivity contribution in [2.24, 2.45) is 0 Å². The van der Waals surface area contributed by atoms with Crippen LogP contribution in [-0.2, 0) is 11.3 Å². The number of ether oxygens (including phenoxy) is 1. The maximum Gasteiger partial charge on any atom is 0.337 e. The zero-order valence-electron chi connectivity index (χ0n) is 12.9. The van der Waals surface area contributed by atoms with Gasteiger partial charge >= 0.3 is 5.97 Å². The first-order valence-electron chi connectivity index (χ1n) is 6.99. The molecule has 0 fully saturated rings. The van der Waals surface area contributed by atoms with Gasteiger partial charge in [-0.2, -0.15) is 0 Å². The van der Waals surface area contributed by atoms with Gasteiger partial charge in [0, 0.05) is 18.2 Å². The largest absolute Gasteiger partial charge is 0.466 e. The lowest BCUT2D eigenvalue weighted by Crippen LogP contribution is -2.18. The first kappa shape index (κ1) is 15.3. The summed E-state index contributed by atoms with van der Waals surface area (Å²) in [6, 6.07) is 9.69. The van der Waals surface area contributed by atoms with Crippen LogP contribution in [0.1, 0.15) is 46.0 Å². The SMILES string of the molecule is COC(=O)c1ccc(CNC(C)c2cc(C)oc2C)cc1. The van der Waals surface area contributed by atoms with Gasteiger partial charge < -0.3 is 14.5 Å². The van der Waals surface area contributed by atoms with Crippen LogP contribution in [0.4, 0.5) is 0 Å². The molecule has 0 saturated carbocycles. The topological polar surface area (TPSA) is 51.5 Å². The van der Waals surface area contributed by atoms with Gasteiger partial charge in [-0.1, -0.05) is 12.1 Å². The molecule has 4 heteroatoms. The average Bonchev–Trinajstić information content (AvgIpc) is 2.83. The van der Waals surface area contributed by atoms with Gasteiger partial charge in [0.05, 0.1) is 12.7 Å².